The zero-order valence-electron chi connectivity index (χ0n) is 25.1. The van der Waals surface area contributed by atoms with Crippen LogP contribution in [0.2, 0.25) is 0 Å². The third-order valence-electron chi connectivity index (χ3n) is 7.30. The summed E-state index contributed by atoms with van der Waals surface area (Å²) in [6, 6.07) is 31.4. The van der Waals surface area contributed by atoms with Crippen LogP contribution in [0.4, 0.5) is 5.69 Å². The molecule has 0 aromatic heterocycles. The van der Waals surface area contributed by atoms with Gasteiger partial charge in [-0.15, -0.1) is 0 Å². The predicted molar refractivity (Wildman–Crippen MR) is 171 cm³/mol. The molecule has 1 unspecified atom stereocenters. The van der Waals surface area contributed by atoms with Gasteiger partial charge in [0, 0.05) is 19.0 Å². The lowest BCUT2D eigenvalue weighted by atomic mass is 10.0. The normalized spacial score (nSPS) is 12.0. The number of hydrogen-bond acceptors (Lipinski definition) is 4. The SMILES string of the molecule is Cc1ccccc1CN(C(=O)CN(c1ccccc1C)S(=O)(=O)c1ccccc1)C(Cc1ccccc1)C(=O)NC(C)C. The lowest BCUT2D eigenvalue weighted by molar-refractivity contribution is -0.140. The molecule has 0 aliphatic rings. The van der Waals surface area contributed by atoms with Crippen molar-refractivity contribution < 1.29 is 18.0 Å². The highest BCUT2D eigenvalue weighted by molar-refractivity contribution is 7.92. The first-order valence-electron chi connectivity index (χ1n) is 14.4. The second-order valence-corrected chi connectivity index (χ2v) is 12.8. The molecule has 7 nitrogen and oxygen atoms in total. The van der Waals surface area contributed by atoms with E-state index >= 15 is 0 Å². The number of rotatable bonds is 12. The van der Waals surface area contributed by atoms with E-state index in [4.69, 9.17) is 0 Å². The number of nitrogens with one attached hydrogen (secondary N) is 1. The van der Waals surface area contributed by atoms with Gasteiger partial charge in [0.05, 0.1) is 10.6 Å². The van der Waals surface area contributed by atoms with Crippen molar-refractivity contribution in [2.75, 3.05) is 10.8 Å². The maximum absolute atomic E-state index is 14.5. The number of anilines is 1. The van der Waals surface area contributed by atoms with E-state index in [1.54, 1.807) is 30.3 Å². The fourth-order valence-corrected chi connectivity index (χ4v) is 6.48. The van der Waals surface area contributed by atoms with Gasteiger partial charge in [-0.2, -0.15) is 0 Å². The Morgan fingerprint density at radius 2 is 1.30 bits per heavy atom. The van der Waals surface area contributed by atoms with E-state index < -0.39 is 28.5 Å². The quantitative estimate of drug-likeness (QED) is 0.228. The molecule has 4 rings (SSSR count). The highest BCUT2D eigenvalue weighted by atomic mass is 32.2. The van der Waals surface area contributed by atoms with Crippen LogP contribution in [0.3, 0.4) is 0 Å². The Kier molecular flexibility index (Phi) is 10.4. The maximum atomic E-state index is 14.5. The van der Waals surface area contributed by atoms with Gasteiger partial charge in [0.25, 0.3) is 10.0 Å². The average Bonchev–Trinajstić information content (AvgIpc) is 2.99. The van der Waals surface area contributed by atoms with Crippen LogP contribution >= 0.6 is 0 Å². The highest BCUT2D eigenvalue weighted by Gasteiger charge is 2.35. The van der Waals surface area contributed by atoms with E-state index in [1.807, 2.05) is 94.4 Å². The summed E-state index contributed by atoms with van der Waals surface area (Å²) in [6.45, 7) is 7.18. The molecule has 1 N–H and O–H groups in total. The zero-order valence-corrected chi connectivity index (χ0v) is 25.9. The highest BCUT2D eigenvalue weighted by Crippen LogP contribution is 2.28. The lowest BCUT2D eigenvalue weighted by Crippen LogP contribution is -2.54. The van der Waals surface area contributed by atoms with E-state index in [0.717, 1.165) is 21.0 Å². The molecular weight excluding hydrogens is 558 g/mol. The van der Waals surface area contributed by atoms with Crippen LogP contribution < -0.4 is 9.62 Å². The number of benzene rings is 4. The summed E-state index contributed by atoms with van der Waals surface area (Å²) in [6.07, 6.45) is 0.271. The smallest absolute Gasteiger partial charge is 0.264 e. The molecule has 0 bridgehead atoms. The van der Waals surface area contributed by atoms with E-state index in [1.165, 1.54) is 17.0 Å². The molecule has 224 valence electrons. The summed E-state index contributed by atoms with van der Waals surface area (Å²) in [4.78, 5) is 29.9. The van der Waals surface area contributed by atoms with Crippen LogP contribution in [0, 0.1) is 13.8 Å². The van der Waals surface area contributed by atoms with Crippen molar-refractivity contribution in [3.8, 4) is 0 Å². The first-order valence-corrected chi connectivity index (χ1v) is 15.8. The Labute approximate surface area is 255 Å². The molecule has 4 aromatic carbocycles. The van der Waals surface area contributed by atoms with Crippen molar-refractivity contribution in [2.24, 2.45) is 0 Å². The molecule has 43 heavy (non-hydrogen) atoms. The molecule has 0 aliphatic carbocycles. The fourth-order valence-electron chi connectivity index (χ4n) is 4.98. The number of nitrogens with zero attached hydrogens (tertiary/aromatic N) is 2. The monoisotopic (exact) mass is 597 g/mol. The summed E-state index contributed by atoms with van der Waals surface area (Å²) in [7, 11) is -4.12. The zero-order chi connectivity index (χ0) is 31.0. The summed E-state index contributed by atoms with van der Waals surface area (Å²) < 4.78 is 29.3. The molecule has 0 aliphatic heterocycles. The van der Waals surface area contributed by atoms with Crippen LogP contribution in [0.1, 0.15) is 36.1 Å². The fraction of sp³-hybridized carbons (Fsp3) is 0.257. The Hall–Kier alpha value is -4.43. The minimum Gasteiger partial charge on any atom is -0.352 e. The summed E-state index contributed by atoms with van der Waals surface area (Å²) in [5, 5.41) is 2.98. The molecular formula is C35H39N3O4S. The standard InChI is InChI=1S/C35H39N3O4S/c1-26(2)36-35(40)33(23-29-17-7-5-8-18-29)37(24-30-19-13-11-15-27(30)3)34(39)25-38(32-22-14-12-16-28(32)4)43(41,42)31-20-9-6-10-21-31/h5-22,26,33H,23-25H2,1-4H3,(H,36,40). The van der Waals surface area contributed by atoms with Crippen molar-refractivity contribution >= 4 is 27.5 Å². The maximum Gasteiger partial charge on any atom is 0.264 e. The molecule has 8 heteroatoms. The number of carbonyl (C=O) groups excluding carboxylic acids is 2. The van der Waals surface area contributed by atoms with Crippen molar-refractivity contribution in [2.45, 2.75) is 57.6 Å². The predicted octanol–water partition coefficient (Wildman–Crippen LogP) is 5.66. The summed E-state index contributed by atoms with van der Waals surface area (Å²) in [5.74, 6) is -0.778. The molecule has 2 amide bonds. The van der Waals surface area contributed by atoms with Gasteiger partial charge in [0.2, 0.25) is 11.8 Å². The van der Waals surface area contributed by atoms with E-state index in [2.05, 4.69) is 5.32 Å². The molecule has 0 radical (unpaired) electrons. The molecule has 0 spiro atoms. The van der Waals surface area contributed by atoms with Gasteiger partial charge >= 0.3 is 0 Å². The van der Waals surface area contributed by atoms with Crippen LogP contribution in [-0.2, 0) is 32.6 Å². The topological polar surface area (TPSA) is 86.8 Å². The summed E-state index contributed by atoms with van der Waals surface area (Å²) >= 11 is 0. The Morgan fingerprint density at radius 1 is 0.744 bits per heavy atom. The van der Waals surface area contributed by atoms with Crippen molar-refractivity contribution in [1.29, 1.82) is 0 Å². The minimum absolute atomic E-state index is 0.0786. The van der Waals surface area contributed by atoms with Crippen molar-refractivity contribution in [3.05, 3.63) is 131 Å². The van der Waals surface area contributed by atoms with Crippen LogP contribution in [0.25, 0.3) is 0 Å². The molecule has 1 atom stereocenters. The second-order valence-electron chi connectivity index (χ2n) is 10.9. The van der Waals surface area contributed by atoms with Gasteiger partial charge in [0.15, 0.2) is 0 Å². The van der Waals surface area contributed by atoms with Gasteiger partial charge in [-0.25, -0.2) is 8.42 Å². The third-order valence-corrected chi connectivity index (χ3v) is 9.07. The van der Waals surface area contributed by atoms with Crippen molar-refractivity contribution in [3.63, 3.8) is 0 Å². The second kappa shape index (κ2) is 14.2. The van der Waals surface area contributed by atoms with E-state index in [0.29, 0.717) is 11.3 Å². The first kappa shape index (κ1) is 31.5. The van der Waals surface area contributed by atoms with E-state index in [-0.39, 0.29) is 29.8 Å². The van der Waals surface area contributed by atoms with Crippen LogP contribution in [0.15, 0.2) is 114 Å². The van der Waals surface area contributed by atoms with Gasteiger partial charge in [-0.3, -0.25) is 13.9 Å². The van der Waals surface area contributed by atoms with Crippen LogP contribution in [0.5, 0.6) is 0 Å². The number of hydrogen-bond donors (Lipinski definition) is 1. The number of aryl methyl sites for hydroxylation is 2. The first-order chi connectivity index (χ1) is 20.6. The summed E-state index contributed by atoms with van der Waals surface area (Å²) in [5.41, 5.74) is 3.84. The molecule has 0 heterocycles. The number of amides is 2. The Balaban J connectivity index is 1.82. The van der Waals surface area contributed by atoms with Crippen LogP contribution in [-0.4, -0.2) is 43.8 Å². The Morgan fingerprint density at radius 3 is 1.91 bits per heavy atom. The molecule has 0 saturated carbocycles. The number of carbonyl (C=O) groups is 2. The molecule has 0 saturated heterocycles. The van der Waals surface area contributed by atoms with Gasteiger partial charge < -0.3 is 10.2 Å². The number of sulfonamides is 1. The van der Waals surface area contributed by atoms with Gasteiger partial charge in [0.1, 0.15) is 12.6 Å². The molecule has 4 aromatic rings. The molecule has 0 fully saturated rings. The number of para-hydroxylation sites is 1. The van der Waals surface area contributed by atoms with Gasteiger partial charge in [-0.1, -0.05) is 91.0 Å². The van der Waals surface area contributed by atoms with Gasteiger partial charge in [-0.05, 0) is 68.1 Å². The third kappa shape index (κ3) is 7.90. The Bertz CT molecular complexity index is 1640. The van der Waals surface area contributed by atoms with Crippen molar-refractivity contribution in [1.82, 2.24) is 10.2 Å². The lowest BCUT2D eigenvalue weighted by Gasteiger charge is -2.34. The average molecular weight is 598 g/mol. The van der Waals surface area contributed by atoms with E-state index in [9.17, 15) is 18.0 Å². The minimum atomic E-state index is -4.12. The largest absolute Gasteiger partial charge is 0.352 e.